The summed E-state index contributed by atoms with van der Waals surface area (Å²) in [6.07, 6.45) is -2.66. The van der Waals surface area contributed by atoms with Crippen LogP contribution in [0.5, 0.6) is 0 Å². The Morgan fingerprint density at radius 1 is 1.35 bits per heavy atom. The maximum absolute atomic E-state index is 12.2. The van der Waals surface area contributed by atoms with Gasteiger partial charge in [0.25, 0.3) is 0 Å². The topological polar surface area (TPSA) is 44.4 Å². The third-order valence-corrected chi connectivity index (χ3v) is 5.07. The molecule has 1 rings (SSSR count). The van der Waals surface area contributed by atoms with Crippen LogP contribution in [-0.2, 0) is 0 Å². The van der Waals surface area contributed by atoms with Gasteiger partial charge >= 0.3 is 12.2 Å². The lowest BCUT2D eigenvalue weighted by Gasteiger charge is -2.18. The Kier molecular flexibility index (Phi) is 9.29. The fourth-order valence-corrected chi connectivity index (χ4v) is 3.29. The van der Waals surface area contributed by atoms with E-state index in [9.17, 15) is 18.0 Å². The van der Waals surface area contributed by atoms with E-state index in [0.717, 1.165) is 22.6 Å². The van der Waals surface area contributed by atoms with Crippen molar-refractivity contribution in [2.75, 3.05) is 32.0 Å². The highest BCUT2D eigenvalue weighted by molar-refractivity contribution is 7.99. The number of carbonyl (C=O) groups is 1. The molecule has 0 aromatic heterocycles. The van der Waals surface area contributed by atoms with Gasteiger partial charge in [-0.1, -0.05) is 13.8 Å². The van der Waals surface area contributed by atoms with Gasteiger partial charge in [0.2, 0.25) is 0 Å². The summed E-state index contributed by atoms with van der Waals surface area (Å²) in [6, 6.07) is 5.54. The summed E-state index contributed by atoms with van der Waals surface area (Å²) in [7, 11) is 1.41. The summed E-state index contributed by atoms with van der Waals surface area (Å²) in [5.41, 5.74) is 1.70. The van der Waals surface area contributed by atoms with Gasteiger partial charge in [0.05, 0.1) is 6.54 Å². The Bertz CT molecular complexity index is 581. The molecule has 0 heterocycles. The Balaban J connectivity index is 2.37. The first kappa shape index (κ1) is 22.6. The van der Waals surface area contributed by atoms with Crippen LogP contribution in [0.2, 0.25) is 0 Å². The summed E-state index contributed by atoms with van der Waals surface area (Å²) in [6.45, 7) is 5.88. The van der Waals surface area contributed by atoms with Gasteiger partial charge < -0.3 is 10.6 Å². The predicted octanol–water partition coefficient (Wildman–Crippen LogP) is 4.89. The van der Waals surface area contributed by atoms with Crippen LogP contribution in [0, 0.1) is 6.92 Å². The minimum absolute atomic E-state index is 0.264. The monoisotopic (exact) mass is 391 g/mol. The number of benzene rings is 1. The molecule has 0 spiro atoms. The minimum atomic E-state index is -4.20. The molecule has 2 N–H and O–H groups in total. The Hall–Kier alpha value is -1.41. The van der Waals surface area contributed by atoms with Gasteiger partial charge in [-0.2, -0.15) is 13.2 Å². The third-order valence-electron chi connectivity index (χ3n) is 3.81. The molecule has 8 heteroatoms. The number of hydrogen-bond acceptors (Lipinski definition) is 3. The Morgan fingerprint density at radius 2 is 2.04 bits per heavy atom. The zero-order valence-corrected chi connectivity index (χ0v) is 16.6. The number of anilines is 1. The van der Waals surface area contributed by atoms with Crippen molar-refractivity contribution in [3.8, 4) is 0 Å². The van der Waals surface area contributed by atoms with E-state index in [4.69, 9.17) is 0 Å². The van der Waals surface area contributed by atoms with Crippen LogP contribution >= 0.6 is 11.8 Å². The lowest BCUT2D eigenvalue weighted by molar-refractivity contribution is -0.143. The molecule has 1 atom stereocenters. The summed E-state index contributed by atoms with van der Waals surface area (Å²) < 4.78 is 36.7. The van der Waals surface area contributed by atoms with Crippen LogP contribution in [0.15, 0.2) is 23.1 Å². The molecule has 0 aliphatic rings. The second-order valence-electron chi connectivity index (χ2n) is 6.40. The highest BCUT2D eigenvalue weighted by Crippen LogP contribution is 2.28. The number of carbonyl (C=O) groups excluding carboxylic acids is 1. The molecule has 2 amide bonds. The molecule has 1 unspecified atom stereocenters. The standard InChI is InChI=1S/C18H28F3N3OS/c1-5-14(3)26-15-7-8-16(13(2)11-15)23-17(25)22-9-6-10-24(4)12-18(19,20)21/h7-8,11,14H,5-6,9-10,12H2,1-4H3,(H2,22,23,25). The van der Waals surface area contributed by atoms with Gasteiger partial charge in [0, 0.05) is 22.4 Å². The fraction of sp³-hybridized carbons (Fsp3) is 0.611. The largest absolute Gasteiger partial charge is 0.401 e. The normalized spacial score (nSPS) is 12.9. The number of nitrogens with one attached hydrogen (secondary N) is 2. The molecule has 4 nitrogen and oxygen atoms in total. The van der Waals surface area contributed by atoms with Crippen molar-refractivity contribution in [3.63, 3.8) is 0 Å². The summed E-state index contributed by atoms with van der Waals surface area (Å²) in [4.78, 5) is 14.3. The molecule has 1 aromatic carbocycles. The SMILES string of the molecule is CCC(C)Sc1ccc(NC(=O)NCCCN(C)CC(F)(F)F)c(C)c1. The fourth-order valence-electron chi connectivity index (χ4n) is 2.27. The number of aryl methyl sites for hydroxylation is 1. The average Bonchev–Trinajstić information content (AvgIpc) is 2.52. The summed E-state index contributed by atoms with van der Waals surface area (Å²) in [5, 5.41) is 5.98. The second-order valence-corrected chi connectivity index (χ2v) is 7.91. The lowest BCUT2D eigenvalue weighted by Crippen LogP contribution is -2.35. The van der Waals surface area contributed by atoms with Crippen molar-refractivity contribution >= 4 is 23.5 Å². The number of halogens is 3. The molecule has 0 fully saturated rings. The van der Waals surface area contributed by atoms with E-state index in [-0.39, 0.29) is 12.6 Å². The van der Waals surface area contributed by atoms with E-state index in [0.29, 0.717) is 18.2 Å². The van der Waals surface area contributed by atoms with Gasteiger partial charge in [-0.3, -0.25) is 4.90 Å². The van der Waals surface area contributed by atoms with Gasteiger partial charge in [-0.05, 0) is 57.1 Å². The van der Waals surface area contributed by atoms with Crippen LogP contribution in [-0.4, -0.2) is 49.0 Å². The molecule has 0 saturated heterocycles. The van der Waals surface area contributed by atoms with Crippen LogP contribution in [0.25, 0.3) is 0 Å². The van der Waals surface area contributed by atoms with Crippen LogP contribution in [0.1, 0.15) is 32.3 Å². The van der Waals surface area contributed by atoms with E-state index in [1.165, 1.54) is 11.9 Å². The van der Waals surface area contributed by atoms with Gasteiger partial charge in [-0.25, -0.2) is 4.79 Å². The maximum atomic E-state index is 12.2. The number of urea groups is 1. The number of thioether (sulfide) groups is 1. The Labute approximate surface area is 157 Å². The van der Waals surface area contributed by atoms with Gasteiger partial charge in [-0.15, -0.1) is 11.8 Å². The Morgan fingerprint density at radius 3 is 2.62 bits per heavy atom. The first-order valence-electron chi connectivity index (χ1n) is 8.68. The van der Waals surface area contributed by atoms with Crippen molar-refractivity contribution in [2.24, 2.45) is 0 Å². The summed E-state index contributed by atoms with van der Waals surface area (Å²) in [5.74, 6) is 0. The number of nitrogens with zero attached hydrogens (tertiary/aromatic N) is 1. The highest BCUT2D eigenvalue weighted by Gasteiger charge is 2.28. The highest BCUT2D eigenvalue weighted by atomic mass is 32.2. The molecular formula is C18H28F3N3OS. The average molecular weight is 392 g/mol. The first-order valence-corrected chi connectivity index (χ1v) is 9.56. The van der Waals surface area contributed by atoms with E-state index in [1.54, 1.807) is 11.8 Å². The quantitative estimate of drug-likeness (QED) is 0.465. The maximum Gasteiger partial charge on any atom is 0.401 e. The first-order chi connectivity index (χ1) is 12.1. The number of hydrogen-bond donors (Lipinski definition) is 2. The number of amides is 2. The molecule has 1 aromatic rings. The molecule has 0 saturated carbocycles. The molecule has 0 aliphatic heterocycles. The molecule has 26 heavy (non-hydrogen) atoms. The van der Waals surface area contributed by atoms with Crippen molar-refractivity contribution in [3.05, 3.63) is 23.8 Å². The molecule has 0 bridgehead atoms. The second kappa shape index (κ2) is 10.7. The lowest BCUT2D eigenvalue weighted by atomic mass is 10.2. The zero-order valence-electron chi connectivity index (χ0n) is 15.7. The molecular weight excluding hydrogens is 363 g/mol. The number of rotatable bonds is 9. The van der Waals surface area contributed by atoms with E-state index in [2.05, 4.69) is 24.5 Å². The minimum Gasteiger partial charge on any atom is -0.338 e. The molecule has 148 valence electrons. The van der Waals surface area contributed by atoms with Crippen molar-refractivity contribution in [1.82, 2.24) is 10.2 Å². The van der Waals surface area contributed by atoms with Crippen LogP contribution in [0.3, 0.4) is 0 Å². The predicted molar refractivity (Wildman–Crippen MR) is 102 cm³/mol. The van der Waals surface area contributed by atoms with E-state index in [1.807, 2.05) is 25.1 Å². The molecule has 0 radical (unpaired) electrons. The number of alkyl halides is 3. The third kappa shape index (κ3) is 9.33. The van der Waals surface area contributed by atoms with Gasteiger partial charge in [0.15, 0.2) is 0 Å². The van der Waals surface area contributed by atoms with Crippen molar-refractivity contribution < 1.29 is 18.0 Å². The van der Waals surface area contributed by atoms with Gasteiger partial charge in [0.1, 0.15) is 0 Å². The van der Waals surface area contributed by atoms with E-state index < -0.39 is 12.7 Å². The smallest absolute Gasteiger partial charge is 0.338 e. The van der Waals surface area contributed by atoms with Crippen LogP contribution < -0.4 is 10.6 Å². The van der Waals surface area contributed by atoms with Crippen molar-refractivity contribution in [2.45, 2.75) is 49.9 Å². The zero-order chi connectivity index (χ0) is 19.7. The van der Waals surface area contributed by atoms with E-state index >= 15 is 0 Å². The van der Waals surface area contributed by atoms with Crippen LogP contribution in [0.4, 0.5) is 23.7 Å². The molecule has 0 aliphatic carbocycles. The summed E-state index contributed by atoms with van der Waals surface area (Å²) >= 11 is 1.80. The van der Waals surface area contributed by atoms with Crippen molar-refractivity contribution in [1.29, 1.82) is 0 Å².